The van der Waals surface area contributed by atoms with Crippen LogP contribution in [0.25, 0.3) is 0 Å². The minimum absolute atomic E-state index is 0.171. The summed E-state index contributed by atoms with van der Waals surface area (Å²) in [7, 11) is 1.97. The van der Waals surface area contributed by atoms with Gasteiger partial charge in [-0.3, -0.25) is 4.79 Å². The summed E-state index contributed by atoms with van der Waals surface area (Å²) in [6, 6.07) is 5.84. The number of benzene rings is 1. The summed E-state index contributed by atoms with van der Waals surface area (Å²) < 4.78 is 0. The molecular formula is C15H25N3O. The summed E-state index contributed by atoms with van der Waals surface area (Å²) in [6.07, 6.45) is 0.889. The van der Waals surface area contributed by atoms with E-state index in [-0.39, 0.29) is 6.04 Å². The summed E-state index contributed by atoms with van der Waals surface area (Å²) in [5.74, 6) is 0.0662. The van der Waals surface area contributed by atoms with Crippen LogP contribution in [0.5, 0.6) is 0 Å². The number of rotatable bonds is 6. The third-order valence-electron chi connectivity index (χ3n) is 3.48. The normalized spacial score (nSPS) is 12.5. The first-order valence-corrected chi connectivity index (χ1v) is 6.70. The minimum Gasteiger partial charge on any atom is -0.374 e. The van der Waals surface area contributed by atoms with E-state index in [0.29, 0.717) is 11.5 Å². The van der Waals surface area contributed by atoms with Gasteiger partial charge in [0.25, 0.3) is 5.91 Å². The summed E-state index contributed by atoms with van der Waals surface area (Å²) in [5, 5.41) is 0. The van der Waals surface area contributed by atoms with Gasteiger partial charge in [0.05, 0.1) is 5.56 Å². The van der Waals surface area contributed by atoms with Gasteiger partial charge in [-0.15, -0.1) is 0 Å². The number of hydrogen-bond acceptors (Lipinski definition) is 3. The van der Waals surface area contributed by atoms with Crippen LogP contribution >= 0.6 is 0 Å². The molecule has 1 unspecified atom stereocenters. The Morgan fingerprint density at radius 2 is 2.00 bits per heavy atom. The topological polar surface area (TPSA) is 72.4 Å². The van der Waals surface area contributed by atoms with E-state index < -0.39 is 5.91 Å². The Labute approximate surface area is 115 Å². The van der Waals surface area contributed by atoms with E-state index in [1.54, 1.807) is 6.07 Å². The van der Waals surface area contributed by atoms with Gasteiger partial charge in [-0.25, -0.2) is 0 Å². The second-order valence-corrected chi connectivity index (χ2v) is 5.50. The fourth-order valence-corrected chi connectivity index (χ4v) is 1.96. The molecule has 0 saturated heterocycles. The zero-order valence-corrected chi connectivity index (χ0v) is 12.3. The van der Waals surface area contributed by atoms with Crippen molar-refractivity contribution in [3.63, 3.8) is 0 Å². The molecule has 0 aliphatic rings. The van der Waals surface area contributed by atoms with Gasteiger partial charge >= 0.3 is 0 Å². The summed E-state index contributed by atoms with van der Waals surface area (Å²) in [5.41, 5.74) is 14.0. The fraction of sp³-hybridized carbons (Fsp3) is 0.533. The van der Waals surface area contributed by atoms with Gasteiger partial charge in [-0.2, -0.15) is 0 Å². The fourth-order valence-electron chi connectivity index (χ4n) is 1.96. The average Bonchev–Trinajstić information content (AvgIpc) is 2.34. The van der Waals surface area contributed by atoms with Crippen molar-refractivity contribution >= 4 is 11.6 Å². The van der Waals surface area contributed by atoms with Crippen LogP contribution in [0.15, 0.2) is 18.2 Å². The Balaban J connectivity index is 2.83. The number of nitrogens with zero attached hydrogens (tertiary/aromatic N) is 1. The first-order chi connectivity index (χ1) is 8.82. The number of carbonyl (C=O) groups excluding carboxylic acids is 1. The number of aryl methyl sites for hydroxylation is 1. The Kier molecular flexibility index (Phi) is 5.36. The number of hydrogen-bond donors (Lipinski definition) is 2. The zero-order valence-electron chi connectivity index (χ0n) is 12.3. The molecular weight excluding hydrogens is 238 g/mol. The smallest absolute Gasteiger partial charge is 0.250 e. The Hall–Kier alpha value is -1.55. The molecule has 4 heteroatoms. The number of nitrogens with two attached hydrogens (primary N) is 2. The molecule has 1 rings (SSSR count). The highest BCUT2D eigenvalue weighted by molar-refractivity contribution is 5.98. The molecule has 0 aliphatic heterocycles. The van der Waals surface area contributed by atoms with Gasteiger partial charge in [0.1, 0.15) is 0 Å². The van der Waals surface area contributed by atoms with Crippen molar-refractivity contribution in [2.45, 2.75) is 33.2 Å². The van der Waals surface area contributed by atoms with Crippen molar-refractivity contribution in [3.05, 3.63) is 29.3 Å². The second kappa shape index (κ2) is 6.57. The third kappa shape index (κ3) is 4.24. The predicted molar refractivity (Wildman–Crippen MR) is 80.4 cm³/mol. The lowest BCUT2D eigenvalue weighted by molar-refractivity contribution is 0.100. The molecule has 4 nitrogen and oxygen atoms in total. The van der Waals surface area contributed by atoms with Crippen LogP contribution in [0, 0.1) is 12.8 Å². The third-order valence-corrected chi connectivity index (χ3v) is 3.48. The van der Waals surface area contributed by atoms with Crippen molar-refractivity contribution in [1.82, 2.24) is 0 Å². The number of primary amides is 1. The van der Waals surface area contributed by atoms with Crippen molar-refractivity contribution in [3.8, 4) is 0 Å². The summed E-state index contributed by atoms with van der Waals surface area (Å²) in [4.78, 5) is 13.5. The largest absolute Gasteiger partial charge is 0.374 e. The highest BCUT2D eigenvalue weighted by Gasteiger charge is 2.14. The lowest BCUT2D eigenvalue weighted by Gasteiger charge is -2.25. The molecule has 1 aromatic carbocycles. The number of anilines is 1. The van der Waals surface area contributed by atoms with E-state index in [0.717, 1.165) is 24.2 Å². The molecule has 1 atom stereocenters. The minimum atomic E-state index is -0.394. The van der Waals surface area contributed by atoms with Gasteiger partial charge in [0, 0.05) is 25.3 Å². The van der Waals surface area contributed by atoms with Crippen LogP contribution in [-0.4, -0.2) is 25.5 Å². The monoisotopic (exact) mass is 263 g/mol. The standard InChI is InChI=1S/C15H25N3O/c1-10(2)13(16)7-8-18(4)14-9-11(3)5-6-12(14)15(17)19/h5-6,9-10,13H,7-8,16H2,1-4H3,(H2,17,19). The van der Waals surface area contributed by atoms with Crippen molar-refractivity contribution in [2.24, 2.45) is 17.4 Å². The van der Waals surface area contributed by atoms with E-state index in [1.165, 1.54) is 0 Å². The number of amides is 1. The van der Waals surface area contributed by atoms with E-state index in [2.05, 4.69) is 18.7 Å². The quantitative estimate of drug-likeness (QED) is 0.823. The van der Waals surface area contributed by atoms with E-state index >= 15 is 0 Å². The van der Waals surface area contributed by atoms with Crippen LogP contribution in [0.2, 0.25) is 0 Å². The predicted octanol–water partition coefficient (Wildman–Crippen LogP) is 1.90. The lowest BCUT2D eigenvalue weighted by Crippen LogP contribution is -2.32. The van der Waals surface area contributed by atoms with Crippen molar-refractivity contribution in [2.75, 3.05) is 18.5 Å². The second-order valence-electron chi connectivity index (χ2n) is 5.50. The molecule has 19 heavy (non-hydrogen) atoms. The Bertz CT molecular complexity index is 443. The highest BCUT2D eigenvalue weighted by Crippen LogP contribution is 2.21. The molecule has 0 aromatic heterocycles. The SMILES string of the molecule is Cc1ccc(C(N)=O)c(N(C)CCC(N)C(C)C)c1. The van der Waals surface area contributed by atoms with Crippen LogP contribution < -0.4 is 16.4 Å². The lowest BCUT2D eigenvalue weighted by atomic mass is 10.0. The molecule has 1 aromatic rings. The molecule has 106 valence electrons. The molecule has 0 saturated carbocycles. The summed E-state index contributed by atoms with van der Waals surface area (Å²) >= 11 is 0. The Morgan fingerprint density at radius 1 is 1.37 bits per heavy atom. The maximum absolute atomic E-state index is 11.5. The van der Waals surface area contributed by atoms with Gasteiger partial charge < -0.3 is 16.4 Å². The molecule has 0 heterocycles. The van der Waals surface area contributed by atoms with Crippen LogP contribution in [0.1, 0.15) is 36.2 Å². The summed E-state index contributed by atoms with van der Waals surface area (Å²) in [6.45, 7) is 7.05. The Morgan fingerprint density at radius 3 is 2.53 bits per heavy atom. The first kappa shape index (κ1) is 15.5. The highest BCUT2D eigenvalue weighted by atomic mass is 16.1. The molecule has 0 spiro atoms. The molecule has 4 N–H and O–H groups in total. The van der Waals surface area contributed by atoms with Gasteiger partial charge in [-0.05, 0) is 37.0 Å². The van der Waals surface area contributed by atoms with Gasteiger partial charge in [0.15, 0.2) is 0 Å². The van der Waals surface area contributed by atoms with E-state index in [1.807, 2.05) is 26.1 Å². The molecule has 1 amide bonds. The van der Waals surface area contributed by atoms with E-state index in [4.69, 9.17) is 11.5 Å². The molecule has 0 radical (unpaired) electrons. The molecule has 0 aliphatic carbocycles. The molecule has 0 bridgehead atoms. The van der Waals surface area contributed by atoms with Crippen LogP contribution in [-0.2, 0) is 0 Å². The van der Waals surface area contributed by atoms with Gasteiger partial charge in [-0.1, -0.05) is 19.9 Å². The van der Waals surface area contributed by atoms with Crippen LogP contribution in [0.4, 0.5) is 5.69 Å². The van der Waals surface area contributed by atoms with Crippen LogP contribution in [0.3, 0.4) is 0 Å². The van der Waals surface area contributed by atoms with Crippen molar-refractivity contribution in [1.29, 1.82) is 0 Å². The van der Waals surface area contributed by atoms with Crippen molar-refractivity contribution < 1.29 is 4.79 Å². The maximum atomic E-state index is 11.5. The van der Waals surface area contributed by atoms with E-state index in [9.17, 15) is 4.79 Å². The zero-order chi connectivity index (χ0) is 14.6. The maximum Gasteiger partial charge on any atom is 0.250 e. The first-order valence-electron chi connectivity index (χ1n) is 6.70. The number of carbonyl (C=O) groups is 1. The van der Waals surface area contributed by atoms with Gasteiger partial charge in [0.2, 0.25) is 0 Å². The molecule has 0 fully saturated rings. The average molecular weight is 263 g/mol.